The second kappa shape index (κ2) is 6.88. The van der Waals surface area contributed by atoms with Crippen LogP contribution in [0.4, 0.5) is 5.69 Å². The molecule has 1 aromatic heterocycles. The molecule has 0 amide bonds. The summed E-state index contributed by atoms with van der Waals surface area (Å²) < 4.78 is 6.92. The van der Waals surface area contributed by atoms with Crippen LogP contribution >= 0.6 is 0 Å². The lowest BCUT2D eigenvalue weighted by Gasteiger charge is -2.12. The first-order chi connectivity index (χ1) is 11.7. The summed E-state index contributed by atoms with van der Waals surface area (Å²) in [5, 5.41) is 11.5. The first kappa shape index (κ1) is 18.4. The second-order valence-electron chi connectivity index (χ2n) is 5.71. The molecule has 25 heavy (non-hydrogen) atoms. The lowest BCUT2D eigenvalue weighted by molar-refractivity contribution is -0.384. The second-order valence-corrected chi connectivity index (χ2v) is 5.71. The number of hydrogen-bond acceptors (Lipinski definition) is 5. The summed E-state index contributed by atoms with van der Waals surface area (Å²) in [5.41, 5.74) is 1.74. The molecule has 2 rings (SSSR count). The molecule has 1 aromatic carbocycles. The number of ether oxygens (including phenoxy) is 1. The van der Waals surface area contributed by atoms with Crippen molar-refractivity contribution in [2.24, 2.45) is 0 Å². The lowest BCUT2D eigenvalue weighted by atomic mass is 10.0. The van der Waals surface area contributed by atoms with Gasteiger partial charge in [0.2, 0.25) is 0 Å². The van der Waals surface area contributed by atoms with Crippen LogP contribution in [0.25, 0.3) is 5.69 Å². The van der Waals surface area contributed by atoms with Crippen LogP contribution in [0, 0.1) is 24.0 Å². The Morgan fingerprint density at radius 3 is 2.04 bits per heavy atom. The minimum absolute atomic E-state index is 0.155. The van der Waals surface area contributed by atoms with Gasteiger partial charge < -0.3 is 9.30 Å². The molecule has 0 atom stereocenters. The van der Waals surface area contributed by atoms with E-state index in [0.717, 1.165) is 0 Å². The van der Waals surface area contributed by atoms with E-state index in [1.807, 2.05) is 0 Å². The summed E-state index contributed by atoms with van der Waals surface area (Å²) in [7, 11) is 0. The number of hydrogen-bond donors (Lipinski definition) is 0. The fourth-order valence-electron chi connectivity index (χ4n) is 3.15. The molecule has 0 aliphatic carbocycles. The van der Waals surface area contributed by atoms with E-state index in [2.05, 4.69) is 0 Å². The summed E-state index contributed by atoms with van der Waals surface area (Å²) in [6.07, 6.45) is 0. The number of carbonyl (C=O) groups excluding carboxylic acids is 2. The van der Waals surface area contributed by atoms with Gasteiger partial charge in [0.05, 0.1) is 17.6 Å². The number of rotatable bonds is 6. The maximum atomic E-state index is 12.0. The maximum absolute atomic E-state index is 12.0. The van der Waals surface area contributed by atoms with Crippen LogP contribution in [-0.4, -0.2) is 27.7 Å². The molecule has 0 aliphatic rings. The van der Waals surface area contributed by atoms with Crippen molar-refractivity contribution in [1.29, 1.82) is 0 Å². The lowest BCUT2D eigenvalue weighted by Crippen LogP contribution is -2.05. The van der Waals surface area contributed by atoms with Crippen molar-refractivity contribution in [1.82, 2.24) is 4.57 Å². The maximum Gasteiger partial charge on any atom is 0.296 e. The van der Waals surface area contributed by atoms with Crippen molar-refractivity contribution in [2.75, 3.05) is 6.61 Å². The Balaban J connectivity index is 2.83. The fourth-order valence-corrected chi connectivity index (χ4v) is 3.15. The average molecular weight is 344 g/mol. The van der Waals surface area contributed by atoms with Crippen molar-refractivity contribution in [3.05, 3.63) is 50.8 Å². The quantitative estimate of drug-likeness (QED) is 0.451. The van der Waals surface area contributed by atoms with Gasteiger partial charge in [0.25, 0.3) is 5.69 Å². The van der Waals surface area contributed by atoms with E-state index in [9.17, 15) is 19.7 Å². The van der Waals surface area contributed by atoms with Gasteiger partial charge in [-0.1, -0.05) is 0 Å². The van der Waals surface area contributed by atoms with Crippen molar-refractivity contribution < 1.29 is 19.2 Å². The number of nitrogens with zero attached hydrogens (tertiary/aromatic N) is 2. The van der Waals surface area contributed by atoms with Gasteiger partial charge in [-0.05, 0) is 46.8 Å². The molecule has 2 aromatic rings. The van der Waals surface area contributed by atoms with E-state index in [4.69, 9.17) is 4.74 Å². The van der Waals surface area contributed by atoms with E-state index in [1.54, 1.807) is 37.5 Å². The standard InChI is InChI=1S/C18H20N2O5/c1-6-25-14-7-8-15(16(9-14)20(23)24)19-10(2)17(12(4)21)18(11(19)3)13(5)22/h7-9H,6H2,1-5H3. The number of benzene rings is 1. The molecule has 7 nitrogen and oxygen atoms in total. The van der Waals surface area contributed by atoms with Gasteiger partial charge >= 0.3 is 0 Å². The van der Waals surface area contributed by atoms with Crippen LogP contribution in [-0.2, 0) is 0 Å². The highest BCUT2D eigenvalue weighted by atomic mass is 16.6. The van der Waals surface area contributed by atoms with E-state index >= 15 is 0 Å². The number of aromatic nitrogens is 1. The summed E-state index contributed by atoms with van der Waals surface area (Å²) in [6.45, 7) is 8.29. The number of Topliss-reactive ketones (excluding diaryl/α,β-unsaturated/α-hetero) is 2. The zero-order chi connectivity index (χ0) is 18.9. The summed E-state index contributed by atoms with van der Waals surface area (Å²) in [4.78, 5) is 35.1. The molecular formula is C18H20N2O5. The van der Waals surface area contributed by atoms with Gasteiger partial charge in [-0.3, -0.25) is 19.7 Å². The Labute approximate surface area is 145 Å². The van der Waals surface area contributed by atoms with Gasteiger partial charge in [-0.25, -0.2) is 0 Å². The van der Waals surface area contributed by atoms with Crippen molar-refractivity contribution in [3.8, 4) is 11.4 Å². The minimum Gasteiger partial charge on any atom is -0.494 e. The molecule has 0 aliphatic heterocycles. The molecule has 0 fully saturated rings. The Kier molecular flexibility index (Phi) is 5.06. The molecule has 132 valence electrons. The highest BCUT2D eigenvalue weighted by Crippen LogP contribution is 2.33. The molecule has 1 heterocycles. The van der Waals surface area contributed by atoms with Crippen molar-refractivity contribution in [3.63, 3.8) is 0 Å². The number of nitro groups is 1. The Morgan fingerprint density at radius 2 is 1.64 bits per heavy atom. The van der Waals surface area contributed by atoms with Gasteiger partial charge in [0.15, 0.2) is 11.6 Å². The van der Waals surface area contributed by atoms with E-state index in [0.29, 0.717) is 40.6 Å². The number of nitro benzene ring substituents is 1. The van der Waals surface area contributed by atoms with Gasteiger partial charge in [0.1, 0.15) is 11.4 Å². The van der Waals surface area contributed by atoms with E-state index in [-0.39, 0.29) is 17.3 Å². The third kappa shape index (κ3) is 3.17. The minimum atomic E-state index is -0.502. The molecule has 0 radical (unpaired) electrons. The van der Waals surface area contributed by atoms with Crippen LogP contribution in [0.5, 0.6) is 5.75 Å². The molecule has 0 saturated carbocycles. The van der Waals surface area contributed by atoms with Crippen LogP contribution in [0.15, 0.2) is 18.2 Å². The third-order valence-electron chi connectivity index (χ3n) is 4.04. The third-order valence-corrected chi connectivity index (χ3v) is 4.04. The predicted molar refractivity (Wildman–Crippen MR) is 93.1 cm³/mol. The van der Waals surface area contributed by atoms with Crippen LogP contribution in [0.3, 0.4) is 0 Å². The van der Waals surface area contributed by atoms with Crippen LogP contribution in [0.2, 0.25) is 0 Å². The Bertz CT molecular complexity index is 843. The van der Waals surface area contributed by atoms with E-state index in [1.165, 1.54) is 19.9 Å². The monoisotopic (exact) mass is 344 g/mol. The normalized spacial score (nSPS) is 10.6. The highest BCUT2D eigenvalue weighted by Gasteiger charge is 2.27. The van der Waals surface area contributed by atoms with E-state index < -0.39 is 4.92 Å². The average Bonchev–Trinajstić information content (AvgIpc) is 2.79. The number of carbonyl (C=O) groups is 2. The summed E-state index contributed by atoms with van der Waals surface area (Å²) in [6, 6.07) is 4.54. The topological polar surface area (TPSA) is 91.4 Å². The Hall–Kier alpha value is -2.96. The molecule has 0 saturated heterocycles. The summed E-state index contributed by atoms with van der Waals surface area (Å²) in [5.74, 6) is -0.115. The zero-order valence-electron chi connectivity index (χ0n) is 14.9. The Morgan fingerprint density at radius 1 is 1.12 bits per heavy atom. The van der Waals surface area contributed by atoms with Gasteiger partial charge in [-0.15, -0.1) is 0 Å². The molecule has 0 unspecified atom stereocenters. The number of ketones is 2. The molecule has 0 bridgehead atoms. The van der Waals surface area contributed by atoms with Gasteiger partial charge in [-0.2, -0.15) is 0 Å². The van der Waals surface area contributed by atoms with Crippen LogP contribution < -0.4 is 4.74 Å². The first-order valence-electron chi connectivity index (χ1n) is 7.86. The van der Waals surface area contributed by atoms with Crippen molar-refractivity contribution >= 4 is 17.3 Å². The molecule has 0 spiro atoms. The smallest absolute Gasteiger partial charge is 0.296 e. The van der Waals surface area contributed by atoms with Crippen molar-refractivity contribution in [2.45, 2.75) is 34.6 Å². The van der Waals surface area contributed by atoms with Crippen LogP contribution in [0.1, 0.15) is 52.9 Å². The fraction of sp³-hybridized carbons (Fsp3) is 0.333. The predicted octanol–water partition coefficient (Wildman–Crippen LogP) is 3.81. The molecule has 0 N–H and O–H groups in total. The summed E-state index contributed by atoms with van der Waals surface area (Å²) >= 11 is 0. The first-order valence-corrected chi connectivity index (χ1v) is 7.86. The van der Waals surface area contributed by atoms with Gasteiger partial charge in [0, 0.05) is 22.5 Å². The molecule has 7 heteroatoms. The SMILES string of the molecule is CCOc1ccc(-n2c(C)c(C(C)=O)c(C(C)=O)c2C)c([N+](=O)[O-])c1. The highest BCUT2D eigenvalue weighted by molar-refractivity contribution is 6.09. The molecular weight excluding hydrogens is 324 g/mol. The largest absolute Gasteiger partial charge is 0.494 e. The zero-order valence-corrected chi connectivity index (χ0v) is 14.9.